The number of pyridine rings is 1. The first-order valence-corrected chi connectivity index (χ1v) is 11.8. The molecule has 0 aliphatic heterocycles. The highest BCUT2D eigenvalue weighted by molar-refractivity contribution is 6.03. The van der Waals surface area contributed by atoms with Crippen molar-refractivity contribution in [2.75, 3.05) is 56.8 Å². The van der Waals surface area contributed by atoms with E-state index < -0.39 is 12.8 Å². The third kappa shape index (κ3) is 7.03. The summed E-state index contributed by atoms with van der Waals surface area (Å²) in [7, 11) is 7.51. The van der Waals surface area contributed by atoms with E-state index in [2.05, 4.69) is 27.0 Å². The van der Waals surface area contributed by atoms with Crippen LogP contribution in [0.25, 0.3) is 16.6 Å². The fourth-order valence-electron chi connectivity index (χ4n) is 3.78. The lowest BCUT2D eigenvalue weighted by Crippen LogP contribution is -2.30. The van der Waals surface area contributed by atoms with Crippen LogP contribution >= 0.6 is 0 Å². The number of nitrogens with two attached hydrogens (primary N) is 1. The number of allylic oxidation sites excluding steroid dienone is 1. The number of rotatable bonds is 9. The van der Waals surface area contributed by atoms with E-state index in [1.807, 2.05) is 74.1 Å². The van der Waals surface area contributed by atoms with Crippen LogP contribution in [0, 0.1) is 0 Å². The topological polar surface area (TPSA) is 96.3 Å². The van der Waals surface area contributed by atoms with E-state index in [0.717, 1.165) is 16.5 Å². The highest BCUT2D eigenvalue weighted by atomic mass is 19.4. The number of aromatic nitrogens is 2. The first-order chi connectivity index (χ1) is 17.9. The number of likely N-dealkylation sites (N-methyl/N-ethyl adjacent to an activating group) is 2. The number of guanidine groups is 1. The summed E-state index contributed by atoms with van der Waals surface area (Å²) in [6.07, 6.45) is -0.803. The highest BCUT2D eigenvalue weighted by Gasteiger charge is 2.30. The molecule has 0 fully saturated rings. The second kappa shape index (κ2) is 12.0. The fraction of sp³-hybridized carbons (Fsp3) is 0.346. The predicted octanol–water partition coefficient (Wildman–Crippen LogP) is 4.62. The van der Waals surface area contributed by atoms with Gasteiger partial charge in [-0.2, -0.15) is 18.2 Å². The molecule has 0 bridgehead atoms. The first-order valence-electron chi connectivity index (χ1n) is 11.8. The lowest BCUT2D eigenvalue weighted by molar-refractivity contribution is -0.153. The quantitative estimate of drug-likeness (QED) is 0.310. The van der Waals surface area contributed by atoms with Crippen molar-refractivity contribution < 1.29 is 17.9 Å². The van der Waals surface area contributed by atoms with Crippen LogP contribution in [0.3, 0.4) is 0 Å². The number of hydrogen-bond acceptors (Lipinski definition) is 6. The summed E-state index contributed by atoms with van der Waals surface area (Å²) >= 11 is 0. The van der Waals surface area contributed by atoms with Gasteiger partial charge in [-0.15, -0.1) is 0 Å². The summed E-state index contributed by atoms with van der Waals surface area (Å²) in [5, 5.41) is 3.88. The Balaban J connectivity index is 1.99. The molecule has 0 spiro atoms. The third-order valence-electron chi connectivity index (χ3n) is 5.68. The zero-order chi connectivity index (χ0) is 28.0. The van der Waals surface area contributed by atoms with Gasteiger partial charge in [-0.1, -0.05) is 24.3 Å². The Kier molecular flexibility index (Phi) is 9.00. The molecule has 0 saturated heterocycles. The molecule has 0 amide bonds. The van der Waals surface area contributed by atoms with Crippen LogP contribution < -0.4 is 20.7 Å². The number of nitrogens with one attached hydrogen (secondary N) is 1. The van der Waals surface area contributed by atoms with Crippen LogP contribution in [0.4, 0.5) is 30.4 Å². The molecular weight excluding hydrogens is 497 g/mol. The van der Waals surface area contributed by atoms with E-state index >= 15 is 0 Å². The number of fused-ring (bicyclic) bond motifs is 1. The van der Waals surface area contributed by atoms with Crippen molar-refractivity contribution >= 4 is 46.5 Å². The van der Waals surface area contributed by atoms with Gasteiger partial charge in [0.2, 0.25) is 11.8 Å². The Morgan fingerprint density at radius 3 is 2.58 bits per heavy atom. The van der Waals surface area contributed by atoms with Gasteiger partial charge in [0, 0.05) is 49.8 Å². The molecule has 2 heterocycles. The minimum atomic E-state index is -4.56. The minimum absolute atomic E-state index is 0.0396. The van der Waals surface area contributed by atoms with Crippen LogP contribution in [0.15, 0.2) is 52.6 Å². The number of alkyl halides is 3. The van der Waals surface area contributed by atoms with Gasteiger partial charge in [0.15, 0.2) is 12.4 Å². The average molecular weight is 531 g/mol. The van der Waals surface area contributed by atoms with Gasteiger partial charge in [0.05, 0.1) is 11.4 Å². The molecule has 3 rings (SSSR count). The molecule has 3 N–H and O–H groups in total. The van der Waals surface area contributed by atoms with Gasteiger partial charge in [0.25, 0.3) is 0 Å². The number of anilines is 3. The molecule has 2 aromatic heterocycles. The number of nitrogen functional groups attached to an aromatic ring is 1. The Morgan fingerprint density at radius 1 is 1.24 bits per heavy atom. The number of hydrogen-bond donors (Lipinski definition) is 2. The predicted molar refractivity (Wildman–Crippen MR) is 149 cm³/mol. The van der Waals surface area contributed by atoms with Gasteiger partial charge in [-0.05, 0) is 39.9 Å². The average Bonchev–Trinajstić information content (AvgIpc) is 3.20. The molecule has 12 heteroatoms. The number of benzene rings is 1. The fourth-order valence-corrected chi connectivity index (χ4v) is 3.78. The van der Waals surface area contributed by atoms with Crippen LogP contribution in [0.5, 0.6) is 5.88 Å². The van der Waals surface area contributed by atoms with Crippen molar-refractivity contribution in [1.29, 1.82) is 0 Å². The summed E-state index contributed by atoms with van der Waals surface area (Å²) in [6, 6.07) is 9.32. The number of halogens is 3. The van der Waals surface area contributed by atoms with Gasteiger partial charge in [-0.3, -0.25) is 0 Å². The van der Waals surface area contributed by atoms with Crippen molar-refractivity contribution in [3.8, 4) is 5.88 Å². The smallest absolute Gasteiger partial charge is 0.422 e. The van der Waals surface area contributed by atoms with Crippen LogP contribution in [0.2, 0.25) is 0 Å². The maximum absolute atomic E-state index is 13.0. The second-order valence-electron chi connectivity index (χ2n) is 8.95. The number of aryl methyl sites for hydroxylation is 1. The molecule has 0 unspecified atom stereocenters. The summed E-state index contributed by atoms with van der Waals surface area (Å²) < 4.78 is 46.1. The second-order valence-corrected chi connectivity index (χ2v) is 8.95. The zero-order valence-electron chi connectivity index (χ0n) is 22.2. The summed E-state index contributed by atoms with van der Waals surface area (Å²) in [5.41, 5.74) is 9.04. The monoisotopic (exact) mass is 530 g/mol. The van der Waals surface area contributed by atoms with Crippen molar-refractivity contribution in [3.05, 3.63) is 48.2 Å². The minimum Gasteiger partial charge on any atom is -0.466 e. The summed E-state index contributed by atoms with van der Waals surface area (Å²) in [6.45, 7) is 5.11. The molecule has 0 saturated carbocycles. The highest BCUT2D eigenvalue weighted by Crippen LogP contribution is 2.33. The van der Waals surface area contributed by atoms with E-state index in [9.17, 15) is 13.2 Å². The van der Waals surface area contributed by atoms with E-state index in [1.165, 1.54) is 6.07 Å². The normalized spacial score (nSPS) is 12.8. The molecule has 0 radical (unpaired) electrons. The first kappa shape index (κ1) is 28.5. The molecule has 1 aromatic carbocycles. The van der Waals surface area contributed by atoms with E-state index in [4.69, 9.17) is 10.5 Å². The van der Waals surface area contributed by atoms with Crippen molar-refractivity contribution in [1.82, 2.24) is 14.5 Å². The van der Waals surface area contributed by atoms with Gasteiger partial charge in [-0.25, -0.2) is 9.98 Å². The van der Waals surface area contributed by atoms with Crippen molar-refractivity contribution in [2.45, 2.75) is 13.1 Å². The van der Waals surface area contributed by atoms with E-state index in [0.29, 0.717) is 24.6 Å². The number of nitrogens with zero attached hydrogens (tertiary/aromatic N) is 6. The van der Waals surface area contributed by atoms with Crippen molar-refractivity contribution in [2.24, 2.45) is 17.0 Å². The van der Waals surface area contributed by atoms with Crippen LogP contribution in [0.1, 0.15) is 12.5 Å². The molecule has 38 heavy (non-hydrogen) atoms. The van der Waals surface area contributed by atoms with E-state index in [1.54, 1.807) is 11.9 Å². The van der Waals surface area contributed by atoms with Gasteiger partial charge in [0.1, 0.15) is 5.69 Å². The largest absolute Gasteiger partial charge is 0.466 e. The van der Waals surface area contributed by atoms with Crippen LogP contribution in [-0.4, -0.2) is 74.1 Å². The maximum Gasteiger partial charge on any atom is 0.422 e. The standard InChI is InChI=1S/C26H33F3N8O/c1-7-20(18-15-37(6)22-11-9-8-10-17(18)22)32-25(31-2)33-21-14-19(30)23(36(5)13-12-35(3)4)34-24(21)38-16-26(27,28)29/h7-11,14-15H,2,12-13,16,30H2,1,3-6H3,(H,32,33)/b20-7-. The number of para-hydroxylation sites is 1. The number of aliphatic imine (C=N–C) groups is 2. The number of ether oxygens (including phenoxy) is 1. The molecule has 204 valence electrons. The molecule has 0 aliphatic carbocycles. The Morgan fingerprint density at radius 2 is 1.95 bits per heavy atom. The van der Waals surface area contributed by atoms with E-state index in [-0.39, 0.29) is 23.2 Å². The van der Waals surface area contributed by atoms with Gasteiger partial charge < -0.3 is 30.2 Å². The SMILES string of the molecule is C=N/C(=N\C(=C/C)c1cn(C)c2ccccc12)Nc1cc(N)c(N(C)CCN(C)C)nc1OCC(F)(F)F. The lowest BCUT2D eigenvalue weighted by Gasteiger charge is -2.23. The summed E-state index contributed by atoms with van der Waals surface area (Å²) in [5.74, 6) is 0.0501. The Labute approximate surface area is 220 Å². The molecular formula is C26H33F3N8O. The Bertz CT molecular complexity index is 1340. The molecule has 0 aliphatic rings. The lowest BCUT2D eigenvalue weighted by atomic mass is 10.1. The molecule has 3 aromatic rings. The van der Waals surface area contributed by atoms with Crippen molar-refractivity contribution in [3.63, 3.8) is 0 Å². The van der Waals surface area contributed by atoms with Gasteiger partial charge >= 0.3 is 6.18 Å². The molecule has 0 atom stereocenters. The maximum atomic E-state index is 13.0. The Hall–Kier alpha value is -4.06. The van der Waals surface area contributed by atoms with Crippen LogP contribution in [-0.2, 0) is 7.05 Å². The zero-order valence-corrected chi connectivity index (χ0v) is 22.2. The summed E-state index contributed by atoms with van der Waals surface area (Å²) in [4.78, 5) is 16.6. The molecule has 9 nitrogen and oxygen atoms in total. The third-order valence-corrected chi connectivity index (χ3v) is 5.68.